The third-order valence-electron chi connectivity index (χ3n) is 5.27. The van der Waals surface area contributed by atoms with Crippen LogP contribution in [-0.2, 0) is 10.3 Å². The molecule has 0 saturated carbocycles. The van der Waals surface area contributed by atoms with E-state index in [2.05, 4.69) is 20.4 Å². The summed E-state index contributed by atoms with van der Waals surface area (Å²) in [6.07, 6.45) is 4.54. The van der Waals surface area contributed by atoms with E-state index in [-0.39, 0.29) is 28.8 Å². The normalized spacial score (nSPS) is 18.2. The second kappa shape index (κ2) is 7.33. The van der Waals surface area contributed by atoms with Crippen molar-refractivity contribution in [1.29, 1.82) is 0 Å². The number of carbonyl (C=O) groups excluding carboxylic acids is 1. The number of nitrogens with zero attached hydrogens (tertiary/aromatic N) is 5. The minimum Gasteiger partial charge on any atom is -0.473 e. The highest BCUT2D eigenvalue weighted by atomic mass is 19.3. The molecule has 3 aromatic heterocycles. The van der Waals surface area contributed by atoms with Crippen LogP contribution < -0.4 is 10.1 Å². The van der Waals surface area contributed by atoms with Gasteiger partial charge < -0.3 is 10.1 Å². The third-order valence-corrected chi connectivity index (χ3v) is 5.27. The zero-order valence-corrected chi connectivity index (χ0v) is 17.3. The fourth-order valence-corrected chi connectivity index (χ4v) is 3.46. The van der Waals surface area contributed by atoms with Gasteiger partial charge >= 0.3 is 6.55 Å². The van der Waals surface area contributed by atoms with Crippen molar-refractivity contribution in [1.82, 2.24) is 29.6 Å². The molecule has 0 bridgehead atoms. The van der Waals surface area contributed by atoms with E-state index in [0.717, 1.165) is 16.5 Å². The Kier molecular flexibility index (Phi) is 4.95. The molecule has 0 radical (unpaired) electrons. The Morgan fingerprint density at radius 2 is 2.10 bits per heavy atom. The highest BCUT2D eigenvalue weighted by Crippen LogP contribution is 2.33. The highest BCUT2D eigenvalue weighted by molar-refractivity contribution is 5.84. The van der Waals surface area contributed by atoms with Gasteiger partial charge in [-0.2, -0.15) is 13.9 Å². The molecule has 0 spiro atoms. The second-order valence-electron chi connectivity index (χ2n) is 8.55. The van der Waals surface area contributed by atoms with Crippen LogP contribution in [0.4, 0.5) is 8.78 Å². The number of carbonyl (C=O) groups is 1. The molecule has 1 saturated heterocycles. The molecule has 1 aliphatic heterocycles. The average molecular weight is 418 g/mol. The molecular formula is C20H24F2N6O2. The molecule has 10 heteroatoms. The summed E-state index contributed by atoms with van der Waals surface area (Å²) in [5.41, 5.74) is 1.52. The molecular weight excluding hydrogens is 394 g/mol. The smallest absolute Gasteiger partial charge is 0.320 e. The molecule has 30 heavy (non-hydrogen) atoms. The quantitative estimate of drug-likeness (QED) is 0.687. The largest absolute Gasteiger partial charge is 0.473 e. The number of nitrogens with one attached hydrogen (secondary N) is 1. The van der Waals surface area contributed by atoms with E-state index in [1.165, 1.54) is 0 Å². The predicted molar refractivity (Wildman–Crippen MR) is 106 cm³/mol. The number of imidazole rings is 1. The maximum atomic E-state index is 13.5. The van der Waals surface area contributed by atoms with E-state index in [1.54, 1.807) is 12.3 Å². The Morgan fingerprint density at radius 1 is 1.33 bits per heavy atom. The summed E-state index contributed by atoms with van der Waals surface area (Å²) in [6.45, 7) is 5.59. The Hall–Kier alpha value is -3.04. The lowest BCUT2D eigenvalue weighted by molar-refractivity contribution is -0.119. The minimum absolute atomic E-state index is 0.0467. The molecule has 2 unspecified atom stereocenters. The van der Waals surface area contributed by atoms with Gasteiger partial charge in [-0.1, -0.05) is 0 Å². The summed E-state index contributed by atoms with van der Waals surface area (Å²) in [5, 5.41) is 7.15. The maximum Gasteiger partial charge on any atom is 0.320 e. The van der Waals surface area contributed by atoms with Crippen LogP contribution in [0.5, 0.6) is 5.88 Å². The molecule has 1 aliphatic rings. The lowest BCUT2D eigenvalue weighted by Crippen LogP contribution is -2.26. The number of pyridine rings is 1. The van der Waals surface area contributed by atoms with E-state index in [1.807, 2.05) is 38.6 Å². The third kappa shape index (κ3) is 3.73. The van der Waals surface area contributed by atoms with E-state index in [4.69, 9.17) is 4.74 Å². The predicted octanol–water partition coefficient (Wildman–Crippen LogP) is 3.35. The van der Waals surface area contributed by atoms with Crippen molar-refractivity contribution in [2.24, 2.45) is 5.92 Å². The first-order valence-corrected chi connectivity index (χ1v) is 9.78. The minimum atomic E-state index is -2.78. The van der Waals surface area contributed by atoms with Gasteiger partial charge in [-0.15, -0.1) is 0 Å². The second-order valence-corrected chi connectivity index (χ2v) is 8.55. The van der Waals surface area contributed by atoms with Gasteiger partial charge in [0, 0.05) is 30.6 Å². The zero-order chi connectivity index (χ0) is 21.6. The molecule has 1 fully saturated rings. The van der Waals surface area contributed by atoms with Crippen LogP contribution >= 0.6 is 0 Å². The van der Waals surface area contributed by atoms with Gasteiger partial charge in [-0.3, -0.25) is 14.0 Å². The molecule has 0 aromatic carbocycles. The number of amides is 1. The van der Waals surface area contributed by atoms with Gasteiger partial charge in [-0.05, 0) is 33.8 Å². The van der Waals surface area contributed by atoms with Crippen LogP contribution in [0.1, 0.15) is 40.7 Å². The van der Waals surface area contributed by atoms with Crippen LogP contribution in [0, 0.1) is 5.92 Å². The van der Waals surface area contributed by atoms with E-state index < -0.39 is 12.7 Å². The summed E-state index contributed by atoms with van der Waals surface area (Å²) in [7, 11) is 0. The molecule has 1 N–H and O–H groups in total. The van der Waals surface area contributed by atoms with Crippen LogP contribution in [0.25, 0.3) is 22.3 Å². The number of alkyl halides is 2. The summed E-state index contributed by atoms with van der Waals surface area (Å²) in [4.78, 5) is 20.2. The first kappa shape index (κ1) is 20.2. The fourth-order valence-electron chi connectivity index (χ4n) is 3.46. The lowest BCUT2D eigenvalue weighted by atomic mass is 10.0. The number of hydrogen-bond acceptors (Lipinski definition) is 5. The fraction of sp³-hybridized carbons (Fsp3) is 0.500. The topological polar surface area (TPSA) is 86.9 Å². The number of fused-ring (bicyclic) bond motifs is 1. The number of aromatic nitrogens is 5. The van der Waals surface area contributed by atoms with Gasteiger partial charge in [0.15, 0.2) is 0 Å². The highest BCUT2D eigenvalue weighted by Gasteiger charge is 2.30. The van der Waals surface area contributed by atoms with Crippen molar-refractivity contribution in [3.05, 3.63) is 24.8 Å². The summed E-state index contributed by atoms with van der Waals surface area (Å²) < 4.78 is 35.6. The maximum absolute atomic E-state index is 13.5. The Morgan fingerprint density at radius 3 is 2.70 bits per heavy atom. The molecule has 1 amide bonds. The van der Waals surface area contributed by atoms with Crippen LogP contribution in [0.15, 0.2) is 24.8 Å². The Balaban J connectivity index is 1.76. The summed E-state index contributed by atoms with van der Waals surface area (Å²) in [5.74, 6) is -0.0465. The molecule has 4 heterocycles. The number of halogens is 2. The number of ether oxygens (including phenoxy) is 1. The van der Waals surface area contributed by atoms with Gasteiger partial charge in [0.2, 0.25) is 11.8 Å². The van der Waals surface area contributed by atoms with Crippen LogP contribution in [0.2, 0.25) is 0 Å². The number of rotatable bonds is 5. The summed E-state index contributed by atoms with van der Waals surface area (Å²) >= 11 is 0. The van der Waals surface area contributed by atoms with Crippen molar-refractivity contribution in [2.75, 3.05) is 6.54 Å². The van der Waals surface area contributed by atoms with Crippen molar-refractivity contribution in [3.8, 4) is 17.1 Å². The average Bonchev–Trinajstić information content (AvgIpc) is 3.39. The van der Waals surface area contributed by atoms with Gasteiger partial charge in [0.05, 0.1) is 22.9 Å². The molecule has 2 atom stereocenters. The van der Waals surface area contributed by atoms with Crippen molar-refractivity contribution < 1.29 is 18.3 Å². The van der Waals surface area contributed by atoms with Crippen molar-refractivity contribution in [3.63, 3.8) is 0 Å². The van der Waals surface area contributed by atoms with Crippen LogP contribution in [-0.4, -0.2) is 42.9 Å². The Bertz CT molecular complexity index is 1080. The number of hydrogen-bond donors (Lipinski definition) is 1. The standard InChI is InChI=1S/C20H24F2N6O2/c1-11(12-5-16(29)23-7-12)30-18-17-15(24-10-27(17)19(21)22)6-14(26-18)13-8-25-28(9-13)20(2,3)4/h6,8-12,19H,5,7H2,1-4H3,(H,23,29). The van der Waals surface area contributed by atoms with Crippen molar-refractivity contribution >= 4 is 16.9 Å². The van der Waals surface area contributed by atoms with E-state index in [0.29, 0.717) is 24.2 Å². The van der Waals surface area contributed by atoms with Gasteiger partial charge in [0.1, 0.15) is 17.9 Å². The molecule has 3 aromatic rings. The van der Waals surface area contributed by atoms with Gasteiger partial charge in [-0.25, -0.2) is 9.97 Å². The van der Waals surface area contributed by atoms with Crippen molar-refractivity contribution in [2.45, 2.75) is 52.3 Å². The van der Waals surface area contributed by atoms with Gasteiger partial charge in [0.25, 0.3) is 0 Å². The monoisotopic (exact) mass is 418 g/mol. The molecule has 4 rings (SSSR count). The zero-order valence-electron chi connectivity index (χ0n) is 17.3. The van der Waals surface area contributed by atoms with Crippen LogP contribution in [0.3, 0.4) is 0 Å². The Labute approximate surface area is 172 Å². The SMILES string of the molecule is CC(Oc1nc(-c2cnn(C(C)(C)C)c2)cc2ncn(C(F)F)c12)C1CNC(=O)C1. The van der Waals surface area contributed by atoms with E-state index >= 15 is 0 Å². The van der Waals surface area contributed by atoms with E-state index in [9.17, 15) is 13.6 Å². The molecule has 160 valence electrons. The lowest BCUT2D eigenvalue weighted by Gasteiger charge is -2.20. The first-order valence-electron chi connectivity index (χ1n) is 9.78. The molecule has 8 nitrogen and oxygen atoms in total. The first-order chi connectivity index (χ1) is 14.1. The molecule has 0 aliphatic carbocycles. The summed E-state index contributed by atoms with van der Waals surface area (Å²) in [6, 6.07) is 1.65.